The van der Waals surface area contributed by atoms with Crippen molar-refractivity contribution in [3.63, 3.8) is 0 Å². The number of hydrogen-bond acceptors (Lipinski definition) is 2. The first-order valence-electron chi connectivity index (χ1n) is 6.68. The Morgan fingerprint density at radius 2 is 2.14 bits per heavy atom. The van der Waals surface area contributed by atoms with Gasteiger partial charge >= 0.3 is 6.18 Å². The smallest absolute Gasteiger partial charge is 0.324 e. The summed E-state index contributed by atoms with van der Waals surface area (Å²) in [6, 6.07) is 3.25. The lowest BCUT2D eigenvalue weighted by atomic mass is 9.94. The highest BCUT2D eigenvalue weighted by Crippen LogP contribution is 2.36. The van der Waals surface area contributed by atoms with E-state index in [1.165, 1.54) is 12.1 Å². The maximum Gasteiger partial charge on any atom is 0.418 e. The average Bonchev–Trinajstić information content (AvgIpc) is 2.39. The molecular weight excluding hydrogens is 349 g/mol. The Balaban J connectivity index is 2.17. The quantitative estimate of drug-likeness (QED) is 0.837. The topological polar surface area (TPSA) is 41.1 Å². The highest BCUT2D eigenvalue weighted by molar-refractivity contribution is 9.10. The second-order valence-electron chi connectivity index (χ2n) is 5.31. The lowest BCUT2D eigenvalue weighted by Crippen LogP contribution is -2.45. The molecule has 2 rings (SSSR count). The SMILES string of the molecule is CC1CCNC(C(=O)Nc2ccc(Br)cc2C(F)(F)F)C1. The highest BCUT2D eigenvalue weighted by atomic mass is 79.9. The van der Waals surface area contributed by atoms with E-state index in [-0.39, 0.29) is 5.69 Å². The fourth-order valence-corrected chi connectivity index (χ4v) is 2.75. The van der Waals surface area contributed by atoms with Crippen LogP contribution in [0.2, 0.25) is 0 Å². The fourth-order valence-electron chi connectivity index (χ4n) is 2.39. The summed E-state index contributed by atoms with van der Waals surface area (Å²) in [5, 5.41) is 5.43. The maximum absolute atomic E-state index is 13.0. The molecule has 1 aromatic rings. The van der Waals surface area contributed by atoms with Gasteiger partial charge in [0.2, 0.25) is 5.91 Å². The van der Waals surface area contributed by atoms with E-state index < -0.39 is 23.7 Å². The van der Waals surface area contributed by atoms with Crippen molar-refractivity contribution in [2.75, 3.05) is 11.9 Å². The summed E-state index contributed by atoms with van der Waals surface area (Å²) in [6.45, 7) is 2.73. The Kier molecular flexibility index (Phi) is 4.93. The molecule has 0 spiro atoms. The molecule has 2 atom stereocenters. The van der Waals surface area contributed by atoms with Gasteiger partial charge in [-0.25, -0.2) is 0 Å². The van der Waals surface area contributed by atoms with Crippen molar-refractivity contribution < 1.29 is 18.0 Å². The molecule has 0 radical (unpaired) electrons. The molecule has 0 bridgehead atoms. The summed E-state index contributed by atoms with van der Waals surface area (Å²) in [7, 11) is 0. The first-order valence-corrected chi connectivity index (χ1v) is 7.47. The largest absolute Gasteiger partial charge is 0.418 e. The minimum atomic E-state index is -4.51. The lowest BCUT2D eigenvalue weighted by Gasteiger charge is -2.27. The van der Waals surface area contributed by atoms with Crippen LogP contribution in [0.15, 0.2) is 22.7 Å². The van der Waals surface area contributed by atoms with Gasteiger partial charge in [0.15, 0.2) is 0 Å². The number of benzene rings is 1. The third-order valence-corrected chi connectivity index (χ3v) is 4.02. The first-order chi connectivity index (χ1) is 9.77. The van der Waals surface area contributed by atoms with Crippen LogP contribution in [-0.2, 0) is 11.0 Å². The van der Waals surface area contributed by atoms with E-state index in [9.17, 15) is 18.0 Å². The molecule has 1 amide bonds. The molecule has 2 unspecified atom stereocenters. The molecule has 0 aromatic heterocycles. The second-order valence-corrected chi connectivity index (χ2v) is 6.23. The zero-order valence-corrected chi connectivity index (χ0v) is 13.0. The van der Waals surface area contributed by atoms with E-state index in [2.05, 4.69) is 26.6 Å². The van der Waals surface area contributed by atoms with Crippen molar-refractivity contribution >= 4 is 27.5 Å². The minimum absolute atomic E-state index is 0.212. The zero-order valence-electron chi connectivity index (χ0n) is 11.4. The number of halogens is 4. The van der Waals surface area contributed by atoms with E-state index in [1.807, 2.05) is 6.92 Å². The molecule has 0 aliphatic carbocycles. The number of piperidine rings is 1. The number of rotatable bonds is 2. The molecule has 1 heterocycles. The summed E-state index contributed by atoms with van der Waals surface area (Å²) in [5.41, 5.74) is -1.06. The summed E-state index contributed by atoms with van der Waals surface area (Å²) in [4.78, 5) is 12.1. The molecule has 1 aliphatic heterocycles. The van der Waals surface area contributed by atoms with Crippen molar-refractivity contribution in [2.24, 2.45) is 5.92 Å². The van der Waals surface area contributed by atoms with Crippen LogP contribution in [0.25, 0.3) is 0 Å². The highest BCUT2D eigenvalue weighted by Gasteiger charge is 2.35. The molecule has 1 fully saturated rings. The third kappa shape index (κ3) is 4.20. The molecule has 2 N–H and O–H groups in total. The van der Waals surface area contributed by atoms with Crippen molar-refractivity contribution in [3.05, 3.63) is 28.2 Å². The van der Waals surface area contributed by atoms with Crippen LogP contribution >= 0.6 is 15.9 Å². The van der Waals surface area contributed by atoms with Crippen LogP contribution in [0.4, 0.5) is 18.9 Å². The van der Waals surface area contributed by atoms with Gasteiger partial charge in [0.05, 0.1) is 17.3 Å². The maximum atomic E-state index is 13.0. The standard InChI is InChI=1S/C14H16BrF3N2O/c1-8-4-5-19-12(6-8)13(21)20-11-3-2-9(15)7-10(11)14(16,17)18/h2-3,7-8,12,19H,4-6H2,1H3,(H,20,21). The van der Waals surface area contributed by atoms with E-state index >= 15 is 0 Å². The number of anilines is 1. The van der Waals surface area contributed by atoms with Crippen LogP contribution in [-0.4, -0.2) is 18.5 Å². The predicted octanol–water partition coefficient (Wildman–Crippen LogP) is 3.79. The van der Waals surface area contributed by atoms with Crippen molar-refractivity contribution in [2.45, 2.75) is 32.0 Å². The Labute approximate surface area is 129 Å². The summed E-state index contributed by atoms with van der Waals surface area (Å²) in [5.74, 6) is -0.0385. The number of amides is 1. The van der Waals surface area contributed by atoms with Crippen LogP contribution in [0.3, 0.4) is 0 Å². The number of carbonyl (C=O) groups is 1. The van der Waals surface area contributed by atoms with E-state index in [0.29, 0.717) is 23.4 Å². The molecule has 116 valence electrons. The first kappa shape index (κ1) is 16.3. The molecule has 7 heteroatoms. The van der Waals surface area contributed by atoms with Gasteiger partial charge < -0.3 is 10.6 Å². The Morgan fingerprint density at radius 3 is 2.76 bits per heavy atom. The van der Waals surface area contributed by atoms with Crippen LogP contribution in [0.5, 0.6) is 0 Å². The number of carbonyl (C=O) groups excluding carboxylic acids is 1. The molecule has 3 nitrogen and oxygen atoms in total. The van der Waals surface area contributed by atoms with Gasteiger partial charge in [-0.1, -0.05) is 22.9 Å². The van der Waals surface area contributed by atoms with E-state index in [4.69, 9.17) is 0 Å². The predicted molar refractivity (Wildman–Crippen MR) is 78.0 cm³/mol. The van der Waals surface area contributed by atoms with Crippen LogP contribution in [0.1, 0.15) is 25.3 Å². The van der Waals surface area contributed by atoms with E-state index in [0.717, 1.165) is 12.5 Å². The summed E-state index contributed by atoms with van der Waals surface area (Å²) in [6.07, 6.45) is -2.92. The third-order valence-electron chi connectivity index (χ3n) is 3.53. The number of nitrogens with one attached hydrogen (secondary N) is 2. The van der Waals surface area contributed by atoms with Crippen molar-refractivity contribution in [1.82, 2.24) is 5.32 Å². The van der Waals surface area contributed by atoms with Gasteiger partial charge in [0.25, 0.3) is 0 Å². The van der Waals surface area contributed by atoms with Gasteiger partial charge in [0, 0.05) is 4.47 Å². The molecule has 21 heavy (non-hydrogen) atoms. The molecule has 1 aliphatic rings. The molecular formula is C14H16BrF3N2O. The Morgan fingerprint density at radius 1 is 1.43 bits per heavy atom. The molecule has 1 saturated heterocycles. The van der Waals surface area contributed by atoms with Gasteiger partial charge in [-0.15, -0.1) is 0 Å². The minimum Gasteiger partial charge on any atom is -0.324 e. The number of hydrogen-bond donors (Lipinski definition) is 2. The summed E-state index contributed by atoms with van der Waals surface area (Å²) < 4.78 is 39.3. The Bertz CT molecular complexity index is 533. The van der Waals surface area contributed by atoms with E-state index in [1.54, 1.807) is 0 Å². The van der Waals surface area contributed by atoms with Crippen LogP contribution < -0.4 is 10.6 Å². The van der Waals surface area contributed by atoms with Crippen molar-refractivity contribution in [3.8, 4) is 0 Å². The summed E-state index contributed by atoms with van der Waals surface area (Å²) >= 11 is 3.01. The second kappa shape index (κ2) is 6.36. The van der Waals surface area contributed by atoms with Crippen molar-refractivity contribution in [1.29, 1.82) is 0 Å². The van der Waals surface area contributed by atoms with Crippen LogP contribution in [0, 0.1) is 5.92 Å². The molecule has 1 aromatic carbocycles. The molecule has 0 saturated carbocycles. The monoisotopic (exact) mass is 364 g/mol. The number of alkyl halides is 3. The normalized spacial score (nSPS) is 22.9. The fraction of sp³-hybridized carbons (Fsp3) is 0.500. The van der Waals surface area contributed by atoms with Gasteiger partial charge in [-0.3, -0.25) is 4.79 Å². The van der Waals surface area contributed by atoms with Gasteiger partial charge in [-0.05, 0) is 43.5 Å². The average molecular weight is 365 g/mol. The van der Waals surface area contributed by atoms with Gasteiger partial charge in [-0.2, -0.15) is 13.2 Å². The zero-order chi connectivity index (χ0) is 15.6. The Hall–Kier alpha value is -1.08. The van der Waals surface area contributed by atoms with Gasteiger partial charge in [0.1, 0.15) is 0 Å². The lowest BCUT2D eigenvalue weighted by molar-refractivity contribution is -0.137.